The molecule has 1 aliphatic rings. The van der Waals surface area contributed by atoms with Crippen molar-refractivity contribution in [3.8, 4) is 0 Å². The minimum Gasteiger partial charge on any atom is -0.469 e. The molecule has 25 heavy (non-hydrogen) atoms. The van der Waals surface area contributed by atoms with Crippen molar-refractivity contribution in [3.05, 3.63) is 47.9 Å². The van der Waals surface area contributed by atoms with Gasteiger partial charge in [0, 0.05) is 25.9 Å². The van der Waals surface area contributed by atoms with Crippen LogP contribution in [0, 0.1) is 0 Å². The number of anilines is 2. The molecule has 1 amide bonds. The molecule has 0 aliphatic carbocycles. The van der Waals surface area contributed by atoms with Crippen molar-refractivity contribution in [2.75, 3.05) is 30.4 Å². The van der Waals surface area contributed by atoms with Crippen molar-refractivity contribution < 1.29 is 18.7 Å². The minimum atomic E-state index is -0.418. The Kier molecular flexibility index (Phi) is 5.38. The number of hydrogen-bond donors (Lipinski definition) is 1. The average Bonchev–Trinajstić information content (AvgIpc) is 3.33. The first kappa shape index (κ1) is 17.1. The smallest absolute Gasteiger partial charge is 0.337 e. The van der Waals surface area contributed by atoms with Crippen LogP contribution in [0.15, 0.2) is 41.0 Å². The summed E-state index contributed by atoms with van der Waals surface area (Å²) in [5.41, 5.74) is 2.01. The van der Waals surface area contributed by atoms with Gasteiger partial charge in [0.15, 0.2) is 0 Å². The van der Waals surface area contributed by atoms with Crippen LogP contribution in [-0.2, 0) is 16.0 Å². The third-order valence-corrected chi connectivity index (χ3v) is 4.32. The largest absolute Gasteiger partial charge is 0.469 e. The molecular formula is C19H22N2O4. The summed E-state index contributed by atoms with van der Waals surface area (Å²) in [6.45, 7) is 1.90. The number of amides is 1. The van der Waals surface area contributed by atoms with Crippen LogP contribution in [0.3, 0.4) is 0 Å². The monoisotopic (exact) mass is 342 g/mol. The molecule has 1 saturated heterocycles. The van der Waals surface area contributed by atoms with E-state index < -0.39 is 5.97 Å². The number of methoxy groups -OCH3 is 1. The number of nitrogens with zero attached hydrogens (tertiary/aromatic N) is 1. The molecule has 3 rings (SSSR count). The van der Waals surface area contributed by atoms with Gasteiger partial charge in [-0.2, -0.15) is 0 Å². The molecule has 1 aromatic heterocycles. The zero-order valence-corrected chi connectivity index (χ0v) is 14.3. The highest BCUT2D eigenvalue weighted by molar-refractivity contribution is 5.98. The Morgan fingerprint density at radius 2 is 2.04 bits per heavy atom. The van der Waals surface area contributed by atoms with E-state index >= 15 is 0 Å². The van der Waals surface area contributed by atoms with Gasteiger partial charge in [0.2, 0.25) is 5.91 Å². The Morgan fingerprint density at radius 1 is 1.24 bits per heavy atom. The van der Waals surface area contributed by atoms with Gasteiger partial charge in [-0.15, -0.1) is 0 Å². The maximum atomic E-state index is 12.3. The lowest BCUT2D eigenvalue weighted by Gasteiger charge is -2.22. The fourth-order valence-corrected chi connectivity index (χ4v) is 3.02. The van der Waals surface area contributed by atoms with Crippen molar-refractivity contribution in [3.63, 3.8) is 0 Å². The van der Waals surface area contributed by atoms with Gasteiger partial charge < -0.3 is 19.4 Å². The van der Waals surface area contributed by atoms with Crippen molar-refractivity contribution >= 4 is 23.3 Å². The third-order valence-electron chi connectivity index (χ3n) is 4.32. The van der Waals surface area contributed by atoms with Crippen LogP contribution < -0.4 is 10.2 Å². The molecule has 1 N–H and O–H groups in total. The summed E-state index contributed by atoms with van der Waals surface area (Å²) in [7, 11) is 1.35. The van der Waals surface area contributed by atoms with Crippen LogP contribution in [0.1, 0.15) is 35.4 Å². The van der Waals surface area contributed by atoms with Gasteiger partial charge >= 0.3 is 5.97 Å². The number of aryl methyl sites for hydroxylation is 1. The number of hydrogen-bond acceptors (Lipinski definition) is 5. The van der Waals surface area contributed by atoms with Crippen LogP contribution in [0.2, 0.25) is 0 Å². The Bertz CT molecular complexity index is 734. The minimum absolute atomic E-state index is 0.112. The van der Waals surface area contributed by atoms with Crippen molar-refractivity contribution in [1.29, 1.82) is 0 Å². The lowest BCUT2D eigenvalue weighted by molar-refractivity contribution is -0.116. The molecule has 0 spiro atoms. The van der Waals surface area contributed by atoms with E-state index in [1.54, 1.807) is 24.5 Å². The number of ether oxygens (including phenoxy) is 1. The first-order chi connectivity index (χ1) is 12.2. The van der Waals surface area contributed by atoms with Crippen LogP contribution in [-0.4, -0.2) is 32.1 Å². The van der Waals surface area contributed by atoms with Crippen LogP contribution in [0.4, 0.5) is 11.4 Å². The summed E-state index contributed by atoms with van der Waals surface area (Å²) in [5.74, 6) is 0.246. The second-order valence-corrected chi connectivity index (χ2v) is 6.05. The third kappa shape index (κ3) is 4.21. The average molecular weight is 342 g/mol. The van der Waals surface area contributed by atoms with E-state index in [2.05, 4.69) is 10.2 Å². The van der Waals surface area contributed by atoms with Gasteiger partial charge in [0.05, 0.1) is 30.3 Å². The van der Waals surface area contributed by atoms with Crippen molar-refractivity contribution in [2.45, 2.75) is 25.7 Å². The molecule has 0 unspecified atom stereocenters. The van der Waals surface area contributed by atoms with E-state index in [1.165, 1.54) is 7.11 Å². The predicted molar refractivity (Wildman–Crippen MR) is 94.9 cm³/mol. The van der Waals surface area contributed by atoms with Gasteiger partial charge in [0.25, 0.3) is 0 Å². The number of carbonyl (C=O) groups is 2. The van der Waals surface area contributed by atoms with E-state index in [-0.39, 0.29) is 5.91 Å². The molecule has 0 radical (unpaired) electrons. The van der Waals surface area contributed by atoms with Crippen molar-refractivity contribution in [1.82, 2.24) is 0 Å². The van der Waals surface area contributed by atoms with E-state index in [9.17, 15) is 9.59 Å². The van der Waals surface area contributed by atoms with Crippen LogP contribution >= 0.6 is 0 Å². The Morgan fingerprint density at radius 3 is 2.72 bits per heavy atom. The van der Waals surface area contributed by atoms with E-state index in [0.717, 1.165) is 37.4 Å². The van der Waals surface area contributed by atoms with E-state index in [1.807, 2.05) is 12.1 Å². The number of esters is 1. The lowest BCUT2D eigenvalue weighted by Crippen LogP contribution is -2.21. The first-order valence-electron chi connectivity index (χ1n) is 8.47. The van der Waals surface area contributed by atoms with Gasteiger partial charge in [-0.25, -0.2) is 4.79 Å². The highest BCUT2D eigenvalue weighted by Crippen LogP contribution is 2.30. The summed E-state index contributed by atoms with van der Waals surface area (Å²) < 4.78 is 10.0. The summed E-state index contributed by atoms with van der Waals surface area (Å²) >= 11 is 0. The quantitative estimate of drug-likeness (QED) is 0.816. The Hall–Kier alpha value is -2.76. The number of rotatable bonds is 6. The highest BCUT2D eigenvalue weighted by Gasteiger charge is 2.19. The number of carbonyl (C=O) groups excluding carboxylic acids is 2. The fraction of sp³-hybridized carbons (Fsp3) is 0.368. The van der Waals surface area contributed by atoms with Crippen molar-refractivity contribution in [2.24, 2.45) is 0 Å². The maximum absolute atomic E-state index is 12.3. The van der Waals surface area contributed by atoms with E-state index in [4.69, 9.17) is 9.15 Å². The highest BCUT2D eigenvalue weighted by atomic mass is 16.5. The zero-order valence-electron chi connectivity index (χ0n) is 14.3. The lowest BCUT2D eigenvalue weighted by atomic mass is 10.1. The normalized spacial score (nSPS) is 13.7. The summed E-state index contributed by atoms with van der Waals surface area (Å²) in [5, 5.41) is 2.94. The molecule has 6 heteroatoms. The Labute approximate surface area is 146 Å². The SMILES string of the molecule is COC(=O)c1ccc(N2CCCC2)c(NC(=O)CCc2ccco2)c1. The van der Waals surface area contributed by atoms with Crippen LogP contribution in [0.25, 0.3) is 0 Å². The zero-order chi connectivity index (χ0) is 17.6. The van der Waals surface area contributed by atoms with Crippen LogP contribution in [0.5, 0.6) is 0 Å². The molecule has 0 saturated carbocycles. The number of benzene rings is 1. The molecule has 6 nitrogen and oxygen atoms in total. The standard InChI is InChI=1S/C19H22N2O4/c1-24-19(23)14-6-8-17(21-10-2-3-11-21)16(13-14)20-18(22)9-7-15-5-4-12-25-15/h4-6,8,12-13H,2-3,7,9-11H2,1H3,(H,20,22). The molecule has 0 atom stereocenters. The van der Waals surface area contributed by atoms with Gasteiger partial charge in [-0.3, -0.25) is 4.79 Å². The summed E-state index contributed by atoms with van der Waals surface area (Å²) in [6.07, 6.45) is 4.71. The molecule has 2 heterocycles. The first-order valence-corrected chi connectivity index (χ1v) is 8.47. The topological polar surface area (TPSA) is 71.8 Å². The fourth-order valence-electron chi connectivity index (χ4n) is 3.02. The number of furan rings is 1. The molecule has 2 aromatic rings. The second kappa shape index (κ2) is 7.88. The molecule has 1 aliphatic heterocycles. The van der Waals surface area contributed by atoms with Gasteiger partial charge in [0.1, 0.15) is 5.76 Å². The number of nitrogens with one attached hydrogen (secondary N) is 1. The van der Waals surface area contributed by atoms with Gasteiger partial charge in [-0.1, -0.05) is 0 Å². The molecule has 1 fully saturated rings. The summed E-state index contributed by atoms with van der Waals surface area (Å²) in [6, 6.07) is 8.95. The molecule has 0 bridgehead atoms. The molecule has 132 valence electrons. The predicted octanol–water partition coefficient (Wildman–Crippen LogP) is 3.24. The molecular weight excluding hydrogens is 320 g/mol. The summed E-state index contributed by atoms with van der Waals surface area (Å²) in [4.78, 5) is 26.4. The van der Waals surface area contributed by atoms with E-state index in [0.29, 0.717) is 24.1 Å². The second-order valence-electron chi connectivity index (χ2n) is 6.05. The Balaban J connectivity index is 1.75. The van der Waals surface area contributed by atoms with Gasteiger partial charge in [-0.05, 0) is 43.2 Å². The molecule has 1 aromatic carbocycles. The maximum Gasteiger partial charge on any atom is 0.337 e.